The van der Waals surface area contributed by atoms with Crippen molar-refractivity contribution < 1.29 is 23.9 Å². The number of halogens is 2. The number of hydrogen-bond donors (Lipinski definition) is 3. The first-order valence-corrected chi connectivity index (χ1v) is 12.5. The van der Waals surface area contributed by atoms with Gasteiger partial charge in [0.1, 0.15) is 5.54 Å². The quantitative estimate of drug-likeness (QED) is 0.298. The highest BCUT2D eigenvalue weighted by molar-refractivity contribution is 6.39. The summed E-state index contributed by atoms with van der Waals surface area (Å²) in [7, 11) is 4.92. The summed E-state index contributed by atoms with van der Waals surface area (Å²) < 4.78 is 4.84. The van der Waals surface area contributed by atoms with Gasteiger partial charge in [-0.3, -0.25) is 9.59 Å². The molecular weight excluding hydrogens is 543 g/mol. The number of hydrogen-bond acceptors (Lipinski definition) is 6. The molecule has 3 aromatic rings. The van der Waals surface area contributed by atoms with Crippen molar-refractivity contribution in [2.75, 3.05) is 36.7 Å². The molecule has 1 atom stereocenters. The molecule has 0 spiro atoms. The molecule has 3 rings (SSSR count). The van der Waals surface area contributed by atoms with Gasteiger partial charge < -0.3 is 25.6 Å². The molecule has 1 unspecified atom stereocenters. The second-order valence-corrected chi connectivity index (χ2v) is 9.82. The van der Waals surface area contributed by atoms with Crippen LogP contribution in [0.15, 0.2) is 60.7 Å². The molecule has 0 aliphatic rings. The van der Waals surface area contributed by atoms with Crippen LogP contribution in [-0.4, -0.2) is 44.9 Å². The summed E-state index contributed by atoms with van der Waals surface area (Å²) >= 11 is 12.3. The van der Waals surface area contributed by atoms with Gasteiger partial charge in [0.15, 0.2) is 5.78 Å². The molecule has 39 heavy (non-hydrogen) atoms. The molecule has 3 amide bonds. The first-order valence-electron chi connectivity index (χ1n) is 11.7. The van der Waals surface area contributed by atoms with Gasteiger partial charge >= 0.3 is 12.0 Å². The number of nitrogens with one attached hydrogen (secondary N) is 3. The fourth-order valence-corrected chi connectivity index (χ4v) is 4.31. The van der Waals surface area contributed by atoms with Gasteiger partial charge in [-0.25, -0.2) is 9.59 Å². The van der Waals surface area contributed by atoms with Crippen LogP contribution < -0.4 is 20.9 Å². The van der Waals surface area contributed by atoms with E-state index in [1.807, 2.05) is 19.0 Å². The van der Waals surface area contributed by atoms with E-state index in [0.29, 0.717) is 11.3 Å². The average Bonchev–Trinajstić information content (AvgIpc) is 2.88. The van der Waals surface area contributed by atoms with Crippen molar-refractivity contribution in [3.8, 4) is 0 Å². The largest absolute Gasteiger partial charge is 0.465 e. The minimum Gasteiger partial charge on any atom is -0.465 e. The molecule has 0 aliphatic carbocycles. The van der Waals surface area contributed by atoms with Crippen LogP contribution in [0, 0.1) is 0 Å². The highest BCUT2D eigenvalue weighted by Gasteiger charge is 2.35. The van der Waals surface area contributed by atoms with Crippen LogP contribution in [0.5, 0.6) is 0 Å². The number of urea groups is 1. The Kier molecular flexibility index (Phi) is 9.21. The third kappa shape index (κ3) is 6.68. The second kappa shape index (κ2) is 12.2. The minimum absolute atomic E-state index is 0.0632. The predicted octanol–water partition coefficient (Wildman–Crippen LogP) is 5.72. The van der Waals surface area contributed by atoms with Crippen LogP contribution in [0.4, 0.5) is 21.9 Å². The van der Waals surface area contributed by atoms with E-state index in [4.69, 9.17) is 27.9 Å². The number of anilines is 3. The van der Waals surface area contributed by atoms with E-state index in [1.54, 1.807) is 55.5 Å². The Bertz CT molecular complexity index is 1410. The highest BCUT2D eigenvalue weighted by atomic mass is 35.5. The van der Waals surface area contributed by atoms with Crippen LogP contribution >= 0.6 is 23.2 Å². The zero-order valence-corrected chi connectivity index (χ0v) is 23.5. The predicted molar refractivity (Wildman–Crippen MR) is 153 cm³/mol. The van der Waals surface area contributed by atoms with Gasteiger partial charge in [-0.2, -0.15) is 0 Å². The molecule has 0 saturated carbocycles. The lowest BCUT2D eigenvalue weighted by molar-refractivity contribution is -0.122. The summed E-state index contributed by atoms with van der Waals surface area (Å²) in [6.45, 7) is 2.92. The molecule has 0 bridgehead atoms. The molecule has 0 fully saturated rings. The molecule has 3 aromatic carbocycles. The second-order valence-electron chi connectivity index (χ2n) is 9.00. The number of ether oxygens (including phenoxy) is 1. The number of rotatable bonds is 8. The average molecular weight is 571 g/mol. The zero-order chi connectivity index (χ0) is 28.9. The fourth-order valence-electron chi connectivity index (χ4n) is 3.74. The van der Waals surface area contributed by atoms with Gasteiger partial charge in [-0.1, -0.05) is 41.4 Å². The number of carbonyl (C=O) groups excluding carboxylic acids is 4. The lowest BCUT2D eigenvalue weighted by Gasteiger charge is -2.29. The van der Waals surface area contributed by atoms with E-state index >= 15 is 0 Å². The van der Waals surface area contributed by atoms with Crippen molar-refractivity contribution in [2.45, 2.75) is 19.4 Å². The van der Waals surface area contributed by atoms with Gasteiger partial charge in [0, 0.05) is 25.5 Å². The van der Waals surface area contributed by atoms with Crippen molar-refractivity contribution in [3.63, 3.8) is 0 Å². The maximum absolute atomic E-state index is 13.0. The molecule has 0 saturated heterocycles. The Morgan fingerprint density at radius 3 is 2.05 bits per heavy atom. The molecule has 0 aromatic heterocycles. The first kappa shape index (κ1) is 29.5. The SMILES string of the molecule is COC(=O)c1cc(N(C)C)ccc1NC(=O)Nc1ccc(C(C)(NC(=O)c2c(Cl)cccc2Cl)C(C)=O)cc1. The Morgan fingerprint density at radius 2 is 1.51 bits per heavy atom. The molecule has 9 nitrogen and oxygen atoms in total. The summed E-state index contributed by atoms with van der Waals surface area (Å²) in [5, 5.41) is 8.38. The highest BCUT2D eigenvalue weighted by Crippen LogP contribution is 2.29. The van der Waals surface area contributed by atoms with Crippen molar-refractivity contribution in [1.29, 1.82) is 0 Å². The minimum atomic E-state index is -1.40. The molecule has 3 N–H and O–H groups in total. The van der Waals surface area contributed by atoms with Crippen molar-refractivity contribution in [2.24, 2.45) is 0 Å². The van der Waals surface area contributed by atoms with Gasteiger partial charge in [-0.05, 0) is 61.9 Å². The maximum atomic E-state index is 13.0. The van der Waals surface area contributed by atoms with Crippen molar-refractivity contribution in [1.82, 2.24) is 5.32 Å². The van der Waals surface area contributed by atoms with E-state index in [9.17, 15) is 19.2 Å². The molecule has 0 radical (unpaired) electrons. The summed E-state index contributed by atoms with van der Waals surface area (Å²) in [6, 6.07) is 15.4. The van der Waals surface area contributed by atoms with Crippen molar-refractivity contribution >= 4 is 64.0 Å². The zero-order valence-electron chi connectivity index (χ0n) is 22.0. The molecule has 11 heteroatoms. The Hall–Kier alpha value is -4.08. The topological polar surface area (TPSA) is 117 Å². The molecule has 0 aliphatic heterocycles. The summed E-state index contributed by atoms with van der Waals surface area (Å²) in [4.78, 5) is 52.4. The van der Waals surface area contributed by atoms with Gasteiger partial charge in [0.25, 0.3) is 5.91 Å². The smallest absolute Gasteiger partial charge is 0.340 e. The van der Waals surface area contributed by atoms with Crippen LogP contribution in [0.2, 0.25) is 10.0 Å². The number of Topliss-reactive ketones (excluding diaryl/α,β-unsaturated/α-hetero) is 1. The van der Waals surface area contributed by atoms with Crippen LogP contribution in [0.25, 0.3) is 0 Å². The number of ketones is 1. The number of methoxy groups -OCH3 is 1. The van der Waals surface area contributed by atoms with E-state index in [1.165, 1.54) is 26.2 Å². The number of esters is 1. The van der Waals surface area contributed by atoms with Gasteiger partial charge in [0.2, 0.25) is 0 Å². The normalized spacial score (nSPS) is 12.1. The Balaban J connectivity index is 1.78. The monoisotopic (exact) mass is 570 g/mol. The third-order valence-corrected chi connectivity index (χ3v) is 6.78. The standard InChI is InChI=1S/C28H28Cl2N4O5/c1-16(35)28(2,33-25(36)24-21(29)7-6-8-22(24)30)17-9-11-18(12-10-17)31-27(38)32-23-14-13-19(34(3)4)15-20(23)26(37)39-5/h6-15H,1-5H3,(H,33,36)(H2,31,32,38). The van der Waals surface area contributed by atoms with Crippen LogP contribution in [0.1, 0.15) is 40.1 Å². The van der Waals surface area contributed by atoms with E-state index in [-0.39, 0.29) is 32.6 Å². The van der Waals surface area contributed by atoms with E-state index in [0.717, 1.165) is 5.69 Å². The van der Waals surface area contributed by atoms with Crippen molar-refractivity contribution in [3.05, 3.63) is 87.4 Å². The molecule has 204 valence electrons. The summed E-state index contributed by atoms with van der Waals surface area (Å²) in [6.07, 6.45) is 0. The number of amides is 3. The fraction of sp³-hybridized carbons (Fsp3) is 0.214. The number of nitrogens with zero attached hydrogens (tertiary/aromatic N) is 1. The summed E-state index contributed by atoms with van der Waals surface area (Å²) in [5.74, 6) is -1.53. The lowest BCUT2D eigenvalue weighted by atomic mass is 9.87. The summed E-state index contributed by atoms with van der Waals surface area (Å²) in [5.41, 5.74) is 0.774. The van der Waals surface area contributed by atoms with Gasteiger partial charge in [-0.15, -0.1) is 0 Å². The lowest BCUT2D eigenvalue weighted by Crippen LogP contribution is -2.48. The van der Waals surface area contributed by atoms with Gasteiger partial charge in [0.05, 0.1) is 34.0 Å². The van der Waals surface area contributed by atoms with E-state index < -0.39 is 23.4 Å². The van der Waals surface area contributed by atoms with E-state index in [2.05, 4.69) is 16.0 Å². The maximum Gasteiger partial charge on any atom is 0.340 e. The molecular formula is C28H28Cl2N4O5. The van der Waals surface area contributed by atoms with Crippen LogP contribution in [0.3, 0.4) is 0 Å². The third-order valence-electron chi connectivity index (χ3n) is 6.15. The molecule has 0 heterocycles. The number of carbonyl (C=O) groups is 4. The Morgan fingerprint density at radius 1 is 0.897 bits per heavy atom. The number of benzene rings is 3. The van der Waals surface area contributed by atoms with Crippen LogP contribution in [-0.2, 0) is 15.1 Å². The first-order chi connectivity index (χ1) is 18.4. The Labute approximate surface area is 236 Å².